The van der Waals surface area contributed by atoms with Gasteiger partial charge in [-0.1, -0.05) is 89.0 Å². The predicted molar refractivity (Wildman–Crippen MR) is 217 cm³/mol. The third-order valence-electron chi connectivity index (χ3n) is 9.84. The smallest absolute Gasteiger partial charge is 0.269 e. The van der Waals surface area contributed by atoms with Crippen LogP contribution in [0.15, 0.2) is 72.8 Å². The Morgan fingerprint density at radius 2 is 1.27 bits per heavy atom. The Bertz CT molecular complexity index is 1750. The SMILES string of the molecule is CCCCCCCCCCCCNC(=O)C(c1ccc([N+](=O)[O-])cc1)N1CCCCN(CC(=O)NC(C)(C)C)C(=O)c2cccc(c2)-c2cccc(c2)C1=O. The van der Waals surface area contributed by atoms with Crippen LogP contribution in [-0.4, -0.2) is 70.1 Å². The zero-order chi connectivity index (χ0) is 39.8. The van der Waals surface area contributed by atoms with Crippen molar-refractivity contribution in [2.45, 2.75) is 116 Å². The van der Waals surface area contributed by atoms with E-state index in [0.717, 1.165) is 24.8 Å². The van der Waals surface area contributed by atoms with Crippen LogP contribution in [0, 0.1) is 10.1 Å². The van der Waals surface area contributed by atoms with Gasteiger partial charge >= 0.3 is 0 Å². The molecule has 0 saturated heterocycles. The summed E-state index contributed by atoms with van der Waals surface area (Å²) in [5.41, 5.74) is 2.12. The summed E-state index contributed by atoms with van der Waals surface area (Å²) in [6.07, 6.45) is 12.5. The van der Waals surface area contributed by atoms with Crippen LogP contribution in [0.25, 0.3) is 11.1 Å². The number of nitro groups is 1. The largest absolute Gasteiger partial charge is 0.354 e. The molecule has 4 bridgehead atoms. The number of non-ortho nitro benzene ring substituents is 1. The first-order chi connectivity index (χ1) is 26.4. The van der Waals surface area contributed by atoms with Crippen molar-refractivity contribution in [3.63, 3.8) is 0 Å². The topological polar surface area (TPSA) is 142 Å². The van der Waals surface area contributed by atoms with Gasteiger partial charge in [0.15, 0.2) is 0 Å². The number of carbonyl (C=O) groups is 4. The number of nitro benzene ring substituents is 1. The van der Waals surface area contributed by atoms with E-state index in [0.29, 0.717) is 41.6 Å². The van der Waals surface area contributed by atoms with Crippen LogP contribution in [0.2, 0.25) is 0 Å². The number of unbranched alkanes of at least 4 members (excludes halogenated alkanes) is 9. The Hall–Kier alpha value is -5.06. The zero-order valence-electron chi connectivity index (χ0n) is 33.1. The predicted octanol–water partition coefficient (Wildman–Crippen LogP) is 8.63. The molecule has 1 heterocycles. The summed E-state index contributed by atoms with van der Waals surface area (Å²) in [4.78, 5) is 69.8. The third kappa shape index (κ3) is 13.3. The standard InChI is InChI=1S/C44H59N5O6/c1-5-6-7-8-9-10-11-12-13-14-27-45-41(51)40(33-23-25-38(26-24-33)49(54)55)48-29-16-15-28-47(32-39(50)46-44(2,3)4)42(52)36-21-17-19-34(30-36)35-20-18-22-37(31-35)43(48)53/h17-26,30-31,40H,5-16,27-29,32H2,1-4H3,(H,45,51)(H,46,50). The fourth-order valence-electron chi connectivity index (χ4n) is 7.00. The first kappa shape index (κ1) is 42.7. The summed E-state index contributed by atoms with van der Waals surface area (Å²) in [7, 11) is 0. The van der Waals surface area contributed by atoms with E-state index in [9.17, 15) is 29.3 Å². The van der Waals surface area contributed by atoms with Crippen LogP contribution >= 0.6 is 0 Å². The molecule has 3 aromatic carbocycles. The molecule has 1 unspecified atom stereocenters. The minimum atomic E-state index is -1.06. The fourth-order valence-corrected chi connectivity index (χ4v) is 7.00. The number of benzene rings is 3. The maximum atomic E-state index is 14.6. The van der Waals surface area contributed by atoms with Crippen LogP contribution < -0.4 is 10.6 Å². The van der Waals surface area contributed by atoms with E-state index in [1.165, 1.54) is 79.0 Å². The monoisotopic (exact) mass is 753 g/mol. The molecule has 55 heavy (non-hydrogen) atoms. The van der Waals surface area contributed by atoms with E-state index in [2.05, 4.69) is 17.6 Å². The Kier molecular flexibility index (Phi) is 16.4. The molecule has 0 spiro atoms. The normalized spacial score (nSPS) is 14.3. The first-order valence-corrected chi connectivity index (χ1v) is 20.0. The van der Waals surface area contributed by atoms with Gasteiger partial charge in [-0.15, -0.1) is 0 Å². The van der Waals surface area contributed by atoms with E-state index >= 15 is 0 Å². The van der Waals surface area contributed by atoms with Gasteiger partial charge in [-0.2, -0.15) is 0 Å². The highest BCUT2D eigenvalue weighted by Crippen LogP contribution is 2.29. The molecule has 0 aliphatic carbocycles. The molecule has 4 amide bonds. The Labute approximate surface area is 326 Å². The third-order valence-corrected chi connectivity index (χ3v) is 9.84. The fraction of sp³-hybridized carbons (Fsp3) is 0.500. The molecular weight excluding hydrogens is 695 g/mol. The number of hydrogen-bond donors (Lipinski definition) is 2. The van der Waals surface area contributed by atoms with Gasteiger partial charge in [0.1, 0.15) is 6.04 Å². The van der Waals surface area contributed by atoms with Gasteiger partial charge in [0.05, 0.1) is 11.5 Å². The van der Waals surface area contributed by atoms with Crippen molar-refractivity contribution in [3.8, 4) is 11.1 Å². The minimum Gasteiger partial charge on any atom is -0.354 e. The summed E-state index contributed by atoms with van der Waals surface area (Å²) in [5.74, 6) is -1.27. The number of carbonyl (C=O) groups excluding carboxylic acids is 4. The van der Waals surface area contributed by atoms with Gasteiger partial charge in [0.25, 0.3) is 17.5 Å². The zero-order valence-corrected chi connectivity index (χ0v) is 33.1. The lowest BCUT2D eigenvalue weighted by Gasteiger charge is -2.32. The number of hydrogen-bond acceptors (Lipinski definition) is 6. The van der Waals surface area contributed by atoms with Gasteiger partial charge in [-0.25, -0.2) is 0 Å². The van der Waals surface area contributed by atoms with Gasteiger partial charge < -0.3 is 20.4 Å². The number of rotatable bonds is 17. The maximum absolute atomic E-state index is 14.6. The number of nitrogens with zero attached hydrogens (tertiary/aromatic N) is 3. The van der Waals surface area contributed by atoms with Crippen molar-refractivity contribution in [3.05, 3.63) is 99.6 Å². The highest BCUT2D eigenvalue weighted by molar-refractivity contribution is 6.00. The molecule has 0 radical (unpaired) electrons. The molecular formula is C44H59N5O6. The van der Waals surface area contributed by atoms with Crippen molar-refractivity contribution in [2.24, 2.45) is 0 Å². The van der Waals surface area contributed by atoms with Crippen LogP contribution in [-0.2, 0) is 9.59 Å². The van der Waals surface area contributed by atoms with E-state index in [4.69, 9.17) is 0 Å². The van der Waals surface area contributed by atoms with E-state index < -0.39 is 16.5 Å². The maximum Gasteiger partial charge on any atom is 0.269 e. The lowest BCUT2D eigenvalue weighted by atomic mass is 9.98. The van der Waals surface area contributed by atoms with Crippen molar-refractivity contribution in [2.75, 3.05) is 26.2 Å². The Morgan fingerprint density at radius 1 is 0.745 bits per heavy atom. The Balaban J connectivity index is 1.61. The molecule has 296 valence electrons. The Morgan fingerprint density at radius 3 is 1.84 bits per heavy atom. The molecule has 11 heteroatoms. The average Bonchev–Trinajstić information content (AvgIpc) is 3.16. The second-order valence-electron chi connectivity index (χ2n) is 15.6. The van der Waals surface area contributed by atoms with Gasteiger partial charge in [0.2, 0.25) is 11.8 Å². The quantitative estimate of drug-likeness (QED) is 0.0803. The second-order valence-corrected chi connectivity index (χ2v) is 15.6. The van der Waals surface area contributed by atoms with Crippen molar-refractivity contribution < 1.29 is 24.1 Å². The summed E-state index contributed by atoms with van der Waals surface area (Å²) >= 11 is 0. The molecule has 0 aromatic heterocycles. The molecule has 1 aliphatic rings. The van der Waals surface area contributed by atoms with E-state index in [1.54, 1.807) is 36.4 Å². The van der Waals surface area contributed by atoms with Crippen molar-refractivity contribution in [1.82, 2.24) is 20.4 Å². The van der Waals surface area contributed by atoms with Crippen LogP contribution in [0.1, 0.15) is 137 Å². The van der Waals surface area contributed by atoms with Crippen LogP contribution in [0.4, 0.5) is 5.69 Å². The molecule has 1 aliphatic heterocycles. The van der Waals surface area contributed by atoms with Gasteiger partial charge in [-0.3, -0.25) is 29.3 Å². The van der Waals surface area contributed by atoms with Gasteiger partial charge in [0, 0.05) is 48.4 Å². The molecule has 4 rings (SSSR count). The summed E-state index contributed by atoms with van der Waals surface area (Å²) in [6.45, 7) is 8.60. The first-order valence-electron chi connectivity index (χ1n) is 20.0. The average molecular weight is 754 g/mol. The van der Waals surface area contributed by atoms with Crippen LogP contribution in [0.3, 0.4) is 0 Å². The lowest BCUT2D eigenvalue weighted by molar-refractivity contribution is -0.384. The number of nitrogens with one attached hydrogen (secondary N) is 2. The molecule has 1 atom stereocenters. The van der Waals surface area contributed by atoms with Crippen LogP contribution in [0.5, 0.6) is 0 Å². The number of fused-ring (bicyclic) bond motifs is 5. The van der Waals surface area contributed by atoms with Crippen molar-refractivity contribution in [1.29, 1.82) is 0 Å². The molecule has 0 saturated carbocycles. The summed E-state index contributed by atoms with van der Waals surface area (Å²) in [6, 6.07) is 19.0. The minimum absolute atomic E-state index is 0.115. The number of amides is 4. The van der Waals surface area contributed by atoms with Crippen molar-refractivity contribution >= 4 is 29.3 Å². The van der Waals surface area contributed by atoms with E-state index in [1.807, 2.05) is 32.9 Å². The molecule has 11 nitrogen and oxygen atoms in total. The highest BCUT2D eigenvalue weighted by atomic mass is 16.6. The molecule has 3 aromatic rings. The summed E-state index contributed by atoms with van der Waals surface area (Å²) < 4.78 is 0. The van der Waals surface area contributed by atoms with E-state index in [-0.39, 0.29) is 49.0 Å². The molecule has 2 N–H and O–H groups in total. The lowest BCUT2D eigenvalue weighted by Crippen LogP contribution is -2.47. The molecule has 0 fully saturated rings. The van der Waals surface area contributed by atoms with Gasteiger partial charge in [-0.05, 0) is 93.1 Å². The second kappa shape index (κ2) is 21.1. The highest BCUT2D eigenvalue weighted by Gasteiger charge is 2.33. The summed E-state index contributed by atoms with van der Waals surface area (Å²) in [5, 5.41) is 17.5.